The van der Waals surface area contributed by atoms with Crippen LogP contribution in [0.1, 0.15) is 18.4 Å². The van der Waals surface area contributed by atoms with Crippen LogP contribution >= 0.6 is 0 Å². The Kier molecular flexibility index (Phi) is 2.92. The summed E-state index contributed by atoms with van der Waals surface area (Å²) in [6, 6.07) is 7.58. The molecule has 0 aliphatic carbocycles. The van der Waals surface area contributed by atoms with Crippen molar-refractivity contribution < 1.29 is 8.42 Å². The van der Waals surface area contributed by atoms with Gasteiger partial charge in [0, 0.05) is 25.2 Å². The quantitative estimate of drug-likeness (QED) is 0.872. The zero-order chi connectivity index (χ0) is 12.8. The fraction of sp³-hybridized carbons (Fsp3) is 0.538. The number of nitrogens with one attached hydrogen (secondary N) is 1. The van der Waals surface area contributed by atoms with E-state index in [9.17, 15) is 8.42 Å². The van der Waals surface area contributed by atoms with Crippen molar-refractivity contribution in [2.24, 2.45) is 0 Å². The van der Waals surface area contributed by atoms with Gasteiger partial charge < -0.3 is 5.32 Å². The van der Waals surface area contributed by atoms with Crippen molar-refractivity contribution in [2.45, 2.75) is 36.7 Å². The van der Waals surface area contributed by atoms with Crippen LogP contribution < -0.4 is 5.32 Å². The van der Waals surface area contributed by atoms with Gasteiger partial charge >= 0.3 is 0 Å². The third-order valence-corrected chi connectivity index (χ3v) is 5.86. The maximum atomic E-state index is 12.6. The number of fused-ring (bicyclic) bond motifs is 3. The molecule has 3 heterocycles. The number of nitrogens with zero attached hydrogens (tertiary/aromatic N) is 1. The van der Waals surface area contributed by atoms with Crippen molar-refractivity contribution in [2.75, 3.05) is 13.1 Å². The van der Waals surface area contributed by atoms with Crippen LogP contribution in [0.3, 0.4) is 0 Å². The molecule has 2 bridgehead atoms. The number of piperazine rings is 1. The van der Waals surface area contributed by atoms with E-state index >= 15 is 0 Å². The Morgan fingerprint density at radius 3 is 2.44 bits per heavy atom. The highest BCUT2D eigenvalue weighted by molar-refractivity contribution is 7.89. The van der Waals surface area contributed by atoms with Gasteiger partial charge in [-0.3, -0.25) is 0 Å². The summed E-state index contributed by atoms with van der Waals surface area (Å²) in [6.07, 6.45) is 2.06. The summed E-state index contributed by atoms with van der Waals surface area (Å²) >= 11 is 0. The van der Waals surface area contributed by atoms with Gasteiger partial charge in [-0.15, -0.1) is 0 Å². The van der Waals surface area contributed by atoms with Crippen LogP contribution in [0, 0.1) is 6.92 Å². The van der Waals surface area contributed by atoms with Crippen LogP contribution in [0.4, 0.5) is 0 Å². The Hall–Kier alpha value is -0.910. The highest BCUT2D eigenvalue weighted by atomic mass is 32.2. The lowest BCUT2D eigenvalue weighted by molar-refractivity contribution is 0.152. The molecule has 98 valence electrons. The normalized spacial score (nSPS) is 28.5. The fourth-order valence-corrected chi connectivity index (χ4v) is 4.51. The van der Waals surface area contributed by atoms with E-state index in [-0.39, 0.29) is 6.04 Å². The molecule has 3 fully saturated rings. The van der Waals surface area contributed by atoms with Crippen LogP contribution in [0.5, 0.6) is 0 Å². The Labute approximate surface area is 108 Å². The molecule has 0 spiro atoms. The van der Waals surface area contributed by atoms with E-state index in [1.165, 1.54) is 0 Å². The molecule has 2 atom stereocenters. The second-order valence-electron chi connectivity index (χ2n) is 5.22. The summed E-state index contributed by atoms with van der Waals surface area (Å²) < 4.78 is 26.9. The van der Waals surface area contributed by atoms with Gasteiger partial charge in [0.05, 0.1) is 4.90 Å². The van der Waals surface area contributed by atoms with E-state index in [0.717, 1.165) is 24.9 Å². The van der Waals surface area contributed by atoms with E-state index in [4.69, 9.17) is 0 Å². The monoisotopic (exact) mass is 266 g/mol. The van der Waals surface area contributed by atoms with Gasteiger partial charge in [0.2, 0.25) is 10.0 Å². The first-order valence-electron chi connectivity index (χ1n) is 6.39. The number of benzene rings is 1. The van der Waals surface area contributed by atoms with Gasteiger partial charge in [0.15, 0.2) is 0 Å². The van der Waals surface area contributed by atoms with Crippen molar-refractivity contribution in [3.05, 3.63) is 29.8 Å². The third kappa shape index (κ3) is 1.96. The number of hydrogen-bond donors (Lipinski definition) is 1. The molecule has 2 unspecified atom stereocenters. The average Bonchev–Trinajstić information content (AvgIpc) is 2.40. The van der Waals surface area contributed by atoms with Gasteiger partial charge in [-0.25, -0.2) is 8.42 Å². The summed E-state index contributed by atoms with van der Waals surface area (Å²) in [4.78, 5) is 0.417. The van der Waals surface area contributed by atoms with E-state index in [2.05, 4.69) is 5.32 Å². The maximum Gasteiger partial charge on any atom is 0.243 e. The van der Waals surface area contributed by atoms with Gasteiger partial charge in [0.1, 0.15) is 0 Å². The van der Waals surface area contributed by atoms with Crippen LogP contribution in [0.25, 0.3) is 0 Å². The molecule has 1 N–H and O–H groups in total. The van der Waals surface area contributed by atoms with Gasteiger partial charge in [-0.05, 0) is 31.9 Å². The SMILES string of the molecule is Cc1ccc(S(=O)(=O)N2CC3CCC2CN3)cc1. The van der Waals surface area contributed by atoms with Crippen molar-refractivity contribution in [1.82, 2.24) is 9.62 Å². The van der Waals surface area contributed by atoms with E-state index in [0.29, 0.717) is 17.5 Å². The third-order valence-electron chi connectivity index (χ3n) is 3.93. The smallest absolute Gasteiger partial charge is 0.243 e. The summed E-state index contributed by atoms with van der Waals surface area (Å²) in [5.74, 6) is 0. The van der Waals surface area contributed by atoms with Crippen molar-refractivity contribution in [3.63, 3.8) is 0 Å². The van der Waals surface area contributed by atoms with Gasteiger partial charge in [-0.1, -0.05) is 17.7 Å². The zero-order valence-corrected chi connectivity index (χ0v) is 11.3. The van der Waals surface area contributed by atoms with E-state index in [1.807, 2.05) is 19.1 Å². The first kappa shape index (κ1) is 12.1. The molecule has 0 aromatic heterocycles. The first-order valence-corrected chi connectivity index (χ1v) is 7.83. The Balaban J connectivity index is 1.93. The minimum Gasteiger partial charge on any atom is -0.311 e. The standard InChI is InChI=1S/C13H18N2O2S/c1-10-2-6-13(7-3-10)18(16,17)15-9-11-4-5-12(15)8-14-11/h2-3,6-7,11-12,14H,4-5,8-9H2,1H3. The molecule has 1 aromatic rings. The lowest BCUT2D eigenvalue weighted by Crippen LogP contribution is -2.62. The lowest BCUT2D eigenvalue weighted by atomic mass is 9.96. The number of piperidine rings is 2. The van der Waals surface area contributed by atoms with Crippen molar-refractivity contribution in [3.8, 4) is 0 Å². The number of hydrogen-bond acceptors (Lipinski definition) is 3. The molecule has 0 amide bonds. The molecule has 0 radical (unpaired) electrons. The Morgan fingerprint density at radius 1 is 1.22 bits per heavy atom. The van der Waals surface area contributed by atoms with Crippen molar-refractivity contribution in [1.29, 1.82) is 0 Å². The Bertz CT molecular complexity index is 531. The maximum absolute atomic E-state index is 12.6. The van der Waals surface area contributed by atoms with Crippen LogP contribution in [-0.4, -0.2) is 37.9 Å². The number of rotatable bonds is 2. The van der Waals surface area contributed by atoms with Gasteiger partial charge in [0.25, 0.3) is 0 Å². The number of sulfonamides is 1. The summed E-state index contributed by atoms with van der Waals surface area (Å²) in [5.41, 5.74) is 1.08. The van der Waals surface area contributed by atoms with E-state index < -0.39 is 10.0 Å². The molecule has 3 aliphatic rings. The topological polar surface area (TPSA) is 49.4 Å². The molecule has 4 rings (SSSR count). The van der Waals surface area contributed by atoms with Gasteiger partial charge in [-0.2, -0.15) is 4.31 Å². The average molecular weight is 266 g/mol. The molecule has 5 heteroatoms. The molecular weight excluding hydrogens is 248 g/mol. The van der Waals surface area contributed by atoms with Crippen LogP contribution in [0.15, 0.2) is 29.2 Å². The summed E-state index contributed by atoms with van der Waals surface area (Å²) in [7, 11) is -3.32. The summed E-state index contributed by atoms with van der Waals surface area (Å²) in [6.45, 7) is 3.36. The molecule has 18 heavy (non-hydrogen) atoms. The molecule has 3 aliphatic heterocycles. The summed E-state index contributed by atoms with van der Waals surface area (Å²) in [5, 5.41) is 3.38. The molecule has 4 nitrogen and oxygen atoms in total. The minimum absolute atomic E-state index is 0.126. The predicted octanol–water partition coefficient (Wildman–Crippen LogP) is 1.12. The first-order chi connectivity index (χ1) is 8.57. The fourth-order valence-electron chi connectivity index (χ4n) is 2.81. The minimum atomic E-state index is -3.32. The highest BCUT2D eigenvalue weighted by Gasteiger charge is 2.40. The zero-order valence-electron chi connectivity index (χ0n) is 10.5. The second kappa shape index (κ2) is 4.33. The lowest BCUT2D eigenvalue weighted by Gasteiger charge is -2.44. The molecule has 1 aromatic carbocycles. The highest BCUT2D eigenvalue weighted by Crippen LogP contribution is 2.28. The molecule has 3 saturated heterocycles. The van der Waals surface area contributed by atoms with Crippen LogP contribution in [-0.2, 0) is 10.0 Å². The predicted molar refractivity (Wildman–Crippen MR) is 69.9 cm³/mol. The largest absolute Gasteiger partial charge is 0.311 e. The Morgan fingerprint density at radius 2 is 1.94 bits per heavy atom. The number of aryl methyl sites for hydroxylation is 1. The van der Waals surface area contributed by atoms with Crippen LogP contribution in [0.2, 0.25) is 0 Å². The van der Waals surface area contributed by atoms with E-state index in [1.54, 1.807) is 16.4 Å². The van der Waals surface area contributed by atoms with Crippen molar-refractivity contribution >= 4 is 10.0 Å². The molecular formula is C13H18N2O2S. The second-order valence-corrected chi connectivity index (χ2v) is 7.11. The molecule has 0 saturated carbocycles.